The molecule has 0 unspecified atom stereocenters. The van der Waals surface area contributed by atoms with Gasteiger partial charge in [-0.25, -0.2) is 4.98 Å². The van der Waals surface area contributed by atoms with Crippen LogP contribution in [0.2, 0.25) is 0 Å². The molecule has 5 nitrogen and oxygen atoms in total. The molecule has 1 aliphatic carbocycles. The van der Waals surface area contributed by atoms with Gasteiger partial charge in [-0.05, 0) is 19.9 Å². The number of aromatic nitrogens is 2. The summed E-state index contributed by atoms with van der Waals surface area (Å²) in [5.74, 6) is 1.18. The van der Waals surface area contributed by atoms with Crippen molar-refractivity contribution < 1.29 is 0 Å². The van der Waals surface area contributed by atoms with Crippen LogP contribution < -0.4 is 5.32 Å². The SMILES string of the molecule is CN1CCN(CCn2ccnc2CNC2CC2)CC1. The smallest absolute Gasteiger partial charge is 0.122 e. The van der Waals surface area contributed by atoms with Crippen LogP contribution in [0.25, 0.3) is 0 Å². The lowest BCUT2D eigenvalue weighted by Crippen LogP contribution is -2.45. The summed E-state index contributed by atoms with van der Waals surface area (Å²) in [6.07, 6.45) is 6.71. The molecule has 1 aliphatic heterocycles. The van der Waals surface area contributed by atoms with E-state index in [0.29, 0.717) is 0 Å². The van der Waals surface area contributed by atoms with E-state index in [4.69, 9.17) is 0 Å². The zero-order valence-corrected chi connectivity index (χ0v) is 11.9. The van der Waals surface area contributed by atoms with Gasteiger partial charge in [-0.2, -0.15) is 0 Å². The largest absolute Gasteiger partial charge is 0.333 e. The van der Waals surface area contributed by atoms with Crippen LogP contribution in [0, 0.1) is 0 Å². The molecule has 2 fully saturated rings. The Hall–Kier alpha value is -0.910. The summed E-state index contributed by atoms with van der Waals surface area (Å²) in [6, 6.07) is 0.753. The van der Waals surface area contributed by atoms with Crippen molar-refractivity contribution in [3.05, 3.63) is 18.2 Å². The molecule has 0 spiro atoms. The van der Waals surface area contributed by atoms with Crippen molar-refractivity contribution in [2.45, 2.75) is 32.0 Å². The Balaban J connectivity index is 1.45. The zero-order valence-electron chi connectivity index (χ0n) is 11.9. The lowest BCUT2D eigenvalue weighted by atomic mass is 10.3. The van der Waals surface area contributed by atoms with Gasteiger partial charge in [0.1, 0.15) is 5.82 Å². The molecule has 0 aromatic carbocycles. The monoisotopic (exact) mass is 263 g/mol. The topological polar surface area (TPSA) is 36.3 Å². The quantitative estimate of drug-likeness (QED) is 0.805. The Morgan fingerprint density at radius 2 is 2.00 bits per heavy atom. The van der Waals surface area contributed by atoms with Gasteiger partial charge in [-0.15, -0.1) is 0 Å². The maximum atomic E-state index is 4.47. The van der Waals surface area contributed by atoms with Gasteiger partial charge in [-0.1, -0.05) is 0 Å². The van der Waals surface area contributed by atoms with Crippen molar-refractivity contribution in [1.82, 2.24) is 24.7 Å². The van der Waals surface area contributed by atoms with Crippen LogP contribution in [0.3, 0.4) is 0 Å². The van der Waals surface area contributed by atoms with E-state index in [2.05, 4.69) is 37.9 Å². The third kappa shape index (κ3) is 3.78. The van der Waals surface area contributed by atoms with Gasteiger partial charge in [0.25, 0.3) is 0 Å². The highest BCUT2D eigenvalue weighted by molar-refractivity contribution is 4.94. The van der Waals surface area contributed by atoms with Crippen LogP contribution in [0.4, 0.5) is 0 Å². The molecule has 0 radical (unpaired) electrons. The number of nitrogens with one attached hydrogen (secondary N) is 1. The van der Waals surface area contributed by atoms with Crippen molar-refractivity contribution in [2.24, 2.45) is 0 Å². The van der Waals surface area contributed by atoms with E-state index in [1.807, 2.05) is 6.20 Å². The summed E-state index contributed by atoms with van der Waals surface area (Å²) in [5.41, 5.74) is 0. The first-order valence-corrected chi connectivity index (χ1v) is 7.45. The number of imidazole rings is 1. The molecule has 3 rings (SSSR count). The molecule has 5 heteroatoms. The number of nitrogens with zero attached hydrogens (tertiary/aromatic N) is 4. The Kier molecular flexibility index (Phi) is 4.15. The molecule has 1 aromatic rings. The van der Waals surface area contributed by atoms with E-state index in [1.165, 1.54) is 44.8 Å². The summed E-state index contributed by atoms with van der Waals surface area (Å²) >= 11 is 0. The molecule has 0 amide bonds. The number of hydrogen-bond acceptors (Lipinski definition) is 4. The highest BCUT2D eigenvalue weighted by atomic mass is 15.3. The lowest BCUT2D eigenvalue weighted by molar-refractivity contribution is 0.149. The summed E-state index contributed by atoms with van der Waals surface area (Å²) in [5, 5.41) is 3.54. The minimum atomic E-state index is 0.753. The summed E-state index contributed by atoms with van der Waals surface area (Å²) < 4.78 is 2.30. The lowest BCUT2D eigenvalue weighted by Gasteiger charge is -2.32. The van der Waals surface area contributed by atoms with Gasteiger partial charge in [0.15, 0.2) is 0 Å². The molecule has 1 N–H and O–H groups in total. The predicted molar refractivity (Wildman–Crippen MR) is 76.0 cm³/mol. The van der Waals surface area contributed by atoms with Gasteiger partial charge in [0.05, 0.1) is 6.54 Å². The molecule has 106 valence electrons. The maximum Gasteiger partial charge on any atom is 0.122 e. The second kappa shape index (κ2) is 6.03. The van der Waals surface area contributed by atoms with Gasteiger partial charge < -0.3 is 14.8 Å². The van der Waals surface area contributed by atoms with Crippen molar-refractivity contribution >= 4 is 0 Å². The fourth-order valence-corrected chi connectivity index (χ4v) is 2.55. The average molecular weight is 263 g/mol. The van der Waals surface area contributed by atoms with Gasteiger partial charge >= 0.3 is 0 Å². The normalized spacial score (nSPS) is 21.9. The van der Waals surface area contributed by atoms with Crippen molar-refractivity contribution in [3.63, 3.8) is 0 Å². The first kappa shape index (κ1) is 13.1. The molecule has 0 atom stereocenters. The van der Waals surface area contributed by atoms with E-state index in [0.717, 1.165) is 25.7 Å². The third-order valence-corrected chi connectivity index (χ3v) is 4.18. The number of likely N-dealkylation sites (N-methyl/N-ethyl adjacent to an activating group) is 1. The van der Waals surface area contributed by atoms with Crippen LogP contribution in [0.1, 0.15) is 18.7 Å². The Morgan fingerprint density at radius 1 is 1.21 bits per heavy atom. The Labute approximate surface area is 115 Å². The third-order valence-electron chi connectivity index (χ3n) is 4.18. The van der Waals surface area contributed by atoms with Crippen LogP contribution in [0.15, 0.2) is 12.4 Å². The fourth-order valence-electron chi connectivity index (χ4n) is 2.55. The summed E-state index contributed by atoms with van der Waals surface area (Å²) in [7, 11) is 2.20. The Morgan fingerprint density at radius 3 is 2.74 bits per heavy atom. The van der Waals surface area contributed by atoms with Gasteiger partial charge in [0.2, 0.25) is 0 Å². The molecule has 2 heterocycles. The molecular weight excluding hydrogens is 238 g/mol. The second-order valence-corrected chi connectivity index (χ2v) is 5.84. The van der Waals surface area contributed by atoms with Gasteiger partial charge in [-0.3, -0.25) is 4.90 Å². The van der Waals surface area contributed by atoms with Crippen LogP contribution in [-0.2, 0) is 13.1 Å². The van der Waals surface area contributed by atoms with Gasteiger partial charge in [0, 0.05) is 57.7 Å². The molecule has 19 heavy (non-hydrogen) atoms. The first-order chi connectivity index (χ1) is 9.31. The van der Waals surface area contributed by atoms with Crippen molar-refractivity contribution in [3.8, 4) is 0 Å². The average Bonchev–Trinajstić information content (AvgIpc) is 3.15. The molecule has 1 saturated heterocycles. The minimum Gasteiger partial charge on any atom is -0.333 e. The second-order valence-electron chi connectivity index (χ2n) is 5.84. The molecule has 0 bridgehead atoms. The van der Waals surface area contributed by atoms with Crippen LogP contribution in [-0.4, -0.2) is 65.2 Å². The molecular formula is C14H25N5. The maximum absolute atomic E-state index is 4.47. The van der Waals surface area contributed by atoms with Crippen LogP contribution in [0.5, 0.6) is 0 Å². The standard InChI is InChI=1S/C14H25N5/c1-17-6-8-18(9-7-17)10-11-19-5-4-15-14(19)12-16-13-2-3-13/h4-5,13,16H,2-3,6-12H2,1H3. The zero-order chi connectivity index (χ0) is 13.1. The van der Waals surface area contributed by atoms with E-state index < -0.39 is 0 Å². The van der Waals surface area contributed by atoms with Crippen molar-refractivity contribution in [1.29, 1.82) is 0 Å². The Bertz CT molecular complexity index is 390. The first-order valence-electron chi connectivity index (χ1n) is 7.45. The highest BCUT2D eigenvalue weighted by Gasteiger charge is 2.21. The molecule has 1 saturated carbocycles. The van der Waals surface area contributed by atoms with Crippen molar-refractivity contribution in [2.75, 3.05) is 39.8 Å². The molecule has 1 aromatic heterocycles. The number of hydrogen-bond donors (Lipinski definition) is 1. The number of piperazine rings is 1. The molecule has 2 aliphatic rings. The van der Waals surface area contributed by atoms with E-state index in [1.54, 1.807) is 0 Å². The minimum absolute atomic E-state index is 0.753. The highest BCUT2D eigenvalue weighted by Crippen LogP contribution is 2.19. The van der Waals surface area contributed by atoms with Crippen LogP contribution >= 0.6 is 0 Å². The summed E-state index contributed by atoms with van der Waals surface area (Å²) in [4.78, 5) is 9.42. The van der Waals surface area contributed by atoms with E-state index >= 15 is 0 Å². The summed E-state index contributed by atoms with van der Waals surface area (Å²) in [6.45, 7) is 7.90. The number of rotatable bonds is 6. The predicted octanol–water partition coefficient (Wildman–Crippen LogP) is 0.383. The fraction of sp³-hybridized carbons (Fsp3) is 0.786. The van der Waals surface area contributed by atoms with E-state index in [9.17, 15) is 0 Å². The van der Waals surface area contributed by atoms with E-state index in [-0.39, 0.29) is 0 Å².